The first-order chi connectivity index (χ1) is 13.2. The van der Waals surface area contributed by atoms with Crippen LogP contribution in [0, 0.1) is 6.92 Å². The zero-order chi connectivity index (χ0) is 20.9. The van der Waals surface area contributed by atoms with E-state index in [9.17, 15) is 13.2 Å². The highest BCUT2D eigenvalue weighted by Crippen LogP contribution is 2.33. The molecule has 28 heavy (non-hydrogen) atoms. The molecule has 0 radical (unpaired) electrons. The Morgan fingerprint density at radius 2 is 1.86 bits per heavy atom. The van der Waals surface area contributed by atoms with Gasteiger partial charge in [0.2, 0.25) is 15.9 Å². The van der Waals surface area contributed by atoms with Crippen LogP contribution in [0.25, 0.3) is 0 Å². The van der Waals surface area contributed by atoms with Crippen LogP contribution in [0.3, 0.4) is 0 Å². The molecule has 0 atom stereocenters. The fraction of sp³-hybridized carbons (Fsp3) is 0.350. The number of aryl methyl sites for hydroxylation is 2. The molecular formula is C20H26N2O5S. The Labute approximate surface area is 166 Å². The van der Waals surface area contributed by atoms with Gasteiger partial charge in [0.1, 0.15) is 18.0 Å². The molecule has 0 aliphatic carbocycles. The minimum Gasteiger partial charge on any atom is -0.497 e. The Morgan fingerprint density at radius 3 is 2.43 bits per heavy atom. The normalized spacial score (nSPS) is 11.0. The molecule has 8 heteroatoms. The second kappa shape index (κ2) is 8.97. The molecule has 0 saturated heterocycles. The highest BCUT2D eigenvalue weighted by Gasteiger charge is 2.25. The molecule has 1 N–H and O–H groups in total. The quantitative estimate of drug-likeness (QED) is 0.728. The maximum absolute atomic E-state index is 12.7. The van der Waals surface area contributed by atoms with Crippen LogP contribution in [0.4, 0.5) is 11.4 Å². The maximum atomic E-state index is 12.7. The van der Waals surface area contributed by atoms with Gasteiger partial charge in [-0.25, -0.2) is 8.42 Å². The molecule has 0 heterocycles. The summed E-state index contributed by atoms with van der Waals surface area (Å²) < 4.78 is 36.3. The van der Waals surface area contributed by atoms with E-state index in [0.29, 0.717) is 17.2 Å². The van der Waals surface area contributed by atoms with E-state index in [1.165, 1.54) is 20.3 Å². The van der Waals surface area contributed by atoms with Crippen LogP contribution in [-0.4, -0.2) is 41.3 Å². The lowest BCUT2D eigenvalue weighted by Gasteiger charge is -2.24. The molecule has 2 rings (SSSR count). The first-order valence-corrected chi connectivity index (χ1v) is 10.6. The molecule has 0 aliphatic heterocycles. The summed E-state index contributed by atoms with van der Waals surface area (Å²) in [6, 6.07) is 10.5. The Bertz CT molecular complexity index is 957. The molecule has 1 amide bonds. The number of sulfonamides is 1. The van der Waals surface area contributed by atoms with Crippen molar-refractivity contribution in [3.8, 4) is 11.5 Å². The van der Waals surface area contributed by atoms with Crippen LogP contribution < -0.4 is 19.1 Å². The molecule has 0 fully saturated rings. The molecule has 0 unspecified atom stereocenters. The molecular weight excluding hydrogens is 380 g/mol. The summed E-state index contributed by atoms with van der Waals surface area (Å²) in [5.41, 5.74) is 2.84. The Hall–Kier alpha value is -2.74. The maximum Gasteiger partial charge on any atom is 0.245 e. The summed E-state index contributed by atoms with van der Waals surface area (Å²) in [5, 5.41) is 2.85. The number of nitrogens with zero attached hydrogens (tertiary/aromatic N) is 1. The van der Waals surface area contributed by atoms with Crippen LogP contribution in [0.15, 0.2) is 36.4 Å². The van der Waals surface area contributed by atoms with Gasteiger partial charge in [-0.05, 0) is 36.6 Å². The molecule has 0 aliphatic rings. The highest BCUT2D eigenvalue weighted by molar-refractivity contribution is 7.92. The lowest BCUT2D eigenvalue weighted by atomic mass is 10.1. The monoisotopic (exact) mass is 406 g/mol. The third kappa shape index (κ3) is 4.95. The number of rotatable bonds is 8. The van der Waals surface area contributed by atoms with Gasteiger partial charge < -0.3 is 14.8 Å². The summed E-state index contributed by atoms with van der Waals surface area (Å²) >= 11 is 0. The number of hydrogen-bond acceptors (Lipinski definition) is 5. The van der Waals surface area contributed by atoms with E-state index in [0.717, 1.165) is 28.1 Å². The number of hydrogen-bond donors (Lipinski definition) is 1. The molecule has 0 spiro atoms. The van der Waals surface area contributed by atoms with Crippen LogP contribution in [0.2, 0.25) is 0 Å². The number of para-hydroxylation sites is 1. The number of carbonyl (C=O) groups is 1. The van der Waals surface area contributed by atoms with Crippen molar-refractivity contribution in [2.45, 2.75) is 20.3 Å². The number of ether oxygens (including phenoxy) is 2. The van der Waals surface area contributed by atoms with Crippen molar-refractivity contribution in [3.05, 3.63) is 47.5 Å². The van der Waals surface area contributed by atoms with E-state index in [-0.39, 0.29) is 12.2 Å². The third-order valence-corrected chi connectivity index (χ3v) is 5.47. The Balaban J connectivity index is 2.38. The number of methoxy groups -OCH3 is 2. The molecule has 152 valence electrons. The number of nitrogens with one attached hydrogen (secondary N) is 1. The van der Waals surface area contributed by atoms with Crippen LogP contribution in [0.1, 0.15) is 18.1 Å². The Morgan fingerprint density at radius 1 is 1.14 bits per heavy atom. The first-order valence-electron chi connectivity index (χ1n) is 8.79. The minimum absolute atomic E-state index is 0.236. The van der Waals surface area contributed by atoms with E-state index in [1.807, 2.05) is 32.0 Å². The fourth-order valence-corrected chi connectivity index (χ4v) is 3.74. The van der Waals surface area contributed by atoms with E-state index in [4.69, 9.17) is 9.47 Å². The number of carbonyl (C=O) groups excluding carboxylic acids is 1. The van der Waals surface area contributed by atoms with E-state index >= 15 is 0 Å². The summed E-state index contributed by atoms with van der Waals surface area (Å²) in [7, 11) is -0.835. The van der Waals surface area contributed by atoms with Gasteiger partial charge in [0.05, 0.1) is 26.2 Å². The fourth-order valence-electron chi connectivity index (χ4n) is 2.88. The van der Waals surface area contributed by atoms with Gasteiger partial charge >= 0.3 is 0 Å². The predicted molar refractivity (Wildman–Crippen MR) is 111 cm³/mol. The van der Waals surface area contributed by atoms with Gasteiger partial charge in [-0.3, -0.25) is 9.10 Å². The summed E-state index contributed by atoms with van der Waals surface area (Å²) in [6.07, 6.45) is 1.79. The SMILES string of the molecule is CCc1cccc(C)c1NC(=O)CN(c1cc(OC)ccc1OC)S(C)(=O)=O. The van der Waals surface area contributed by atoms with Crippen LogP contribution in [-0.2, 0) is 21.2 Å². The average molecular weight is 407 g/mol. The number of anilines is 2. The van der Waals surface area contributed by atoms with Crippen LogP contribution >= 0.6 is 0 Å². The largest absolute Gasteiger partial charge is 0.497 e. The van der Waals surface area contributed by atoms with E-state index in [2.05, 4.69) is 5.32 Å². The Kier molecular flexibility index (Phi) is 6.90. The van der Waals surface area contributed by atoms with Crippen molar-refractivity contribution >= 4 is 27.3 Å². The number of amides is 1. The average Bonchev–Trinajstić information content (AvgIpc) is 2.66. The van der Waals surface area contributed by atoms with Crippen LogP contribution in [0.5, 0.6) is 11.5 Å². The molecule has 0 aromatic heterocycles. The zero-order valence-corrected chi connectivity index (χ0v) is 17.6. The van der Waals surface area contributed by atoms with Gasteiger partial charge in [-0.2, -0.15) is 0 Å². The predicted octanol–water partition coefficient (Wildman–Crippen LogP) is 2.98. The second-order valence-electron chi connectivity index (χ2n) is 6.32. The van der Waals surface area contributed by atoms with Crippen molar-refractivity contribution in [2.24, 2.45) is 0 Å². The van der Waals surface area contributed by atoms with E-state index < -0.39 is 15.9 Å². The summed E-state index contributed by atoms with van der Waals surface area (Å²) in [5.74, 6) is 0.334. The lowest BCUT2D eigenvalue weighted by Crippen LogP contribution is -2.38. The standard InChI is InChI=1S/C20H26N2O5S/c1-6-15-9-7-8-14(2)20(15)21-19(23)13-22(28(5,24)25)17-12-16(26-3)10-11-18(17)27-4/h7-12H,6,13H2,1-5H3,(H,21,23). The van der Waals surface area contributed by atoms with Crippen molar-refractivity contribution in [2.75, 3.05) is 36.6 Å². The van der Waals surface area contributed by atoms with Gasteiger partial charge in [0.25, 0.3) is 0 Å². The van der Waals surface area contributed by atoms with Gasteiger partial charge in [0.15, 0.2) is 0 Å². The van der Waals surface area contributed by atoms with E-state index in [1.54, 1.807) is 12.1 Å². The van der Waals surface area contributed by atoms with Gasteiger partial charge in [0, 0.05) is 11.8 Å². The van der Waals surface area contributed by atoms with Gasteiger partial charge in [-0.1, -0.05) is 25.1 Å². The third-order valence-electron chi connectivity index (χ3n) is 4.35. The second-order valence-corrected chi connectivity index (χ2v) is 8.22. The van der Waals surface area contributed by atoms with Crippen molar-refractivity contribution in [1.29, 1.82) is 0 Å². The molecule has 7 nitrogen and oxygen atoms in total. The number of benzene rings is 2. The topological polar surface area (TPSA) is 84.9 Å². The molecule has 2 aromatic carbocycles. The summed E-state index contributed by atoms with van der Waals surface area (Å²) in [4.78, 5) is 12.7. The molecule has 0 bridgehead atoms. The summed E-state index contributed by atoms with van der Waals surface area (Å²) in [6.45, 7) is 3.50. The van der Waals surface area contributed by atoms with Crippen molar-refractivity contribution in [3.63, 3.8) is 0 Å². The highest BCUT2D eigenvalue weighted by atomic mass is 32.2. The van der Waals surface area contributed by atoms with Crippen molar-refractivity contribution < 1.29 is 22.7 Å². The smallest absolute Gasteiger partial charge is 0.245 e. The minimum atomic E-state index is -3.75. The first kappa shape index (κ1) is 21.6. The molecule has 2 aromatic rings. The lowest BCUT2D eigenvalue weighted by molar-refractivity contribution is -0.114. The molecule has 0 saturated carbocycles. The van der Waals surface area contributed by atoms with Gasteiger partial charge in [-0.15, -0.1) is 0 Å². The zero-order valence-electron chi connectivity index (χ0n) is 16.8. The van der Waals surface area contributed by atoms with Crippen molar-refractivity contribution in [1.82, 2.24) is 0 Å².